The zero-order valence-electron chi connectivity index (χ0n) is 11.8. The normalized spacial score (nSPS) is 20.1. The van der Waals surface area contributed by atoms with Crippen LogP contribution in [0.1, 0.15) is 67.9 Å². The molecule has 1 aliphatic rings. The molecule has 0 saturated heterocycles. The fourth-order valence-electron chi connectivity index (χ4n) is 2.43. The summed E-state index contributed by atoms with van der Waals surface area (Å²) in [5.41, 5.74) is 5.94. The van der Waals surface area contributed by atoms with Crippen molar-refractivity contribution in [3.8, 4) is 0 Å². The number of aliphatic hydroxyl groups is 1. The topological polar surface area (TPSA) is 101 Å². The van der Waals surface area contributed by atoms with Gasteiger partial charge < -0.3 is 20.6 Å². The molecule has 4 N–H and O–H groups in total. The third-order valence-electron chi connectivity index (χ3n) is 3.75. The van der Waals surface area contributed by atoms with E-state index in [1.54, 1.807) is 6.92 Å². The number of oxazole rings is 1. The van der Waals surface area contributed by atoms with E-state index in [4.69, 9.17) is 10.2 Å². The van der Waals surface area contributed by atoms with E-state index < -0.39 is 12.1 Å². The summed E-state index contributed by atoms with van der Waals surface area (Å²) in [7, 11) is 0. The Morgan fingerprint density at radius 2 is 2.10 bits per heavy atom. The van der Waals surface area contributed by atoms with Crippen LogP contribution in [-0.2, 0) is 0 Å². The van der Waals surface area contributed by atoms with E-state index in [-0.39, 0.29) is 23.5 Å². The van der Waals surface area contributed by atoms with Crippen molar-refractivity contribution < 1.29 is 14.3 Å². The van der Waals surface area contributed by atoms with Crippen LogP contribution in [-0.4, -0.2) is 28.1 Å². The third-order valence-corrected chi connectivity index (χ3v) is 3.75. The van der Waals surface area contributed by atoms with Crippen LogP contribution in [0.15, 0.2) is 10.7 Å². The lowest BCUT2D eigenvalue weighted by atomic mass is 10.1. The van der Waals surface area contributed by atoms with Gasteiger partial charge in [-0.05, 0) is 19.8 Å². The van der Waals surface area contributed by atoms with Crippen molar-refractivity contribution in [2.24, 2.45) is 5.73 Å². The lowest BCUT2D eigenvalue weighted by Crippen LogP contribution is -2.34. The van der Waals surface area contributed by atoms with Crippen LogP contribution < -0.4 is 11.1 Å². The first-order valence-electron chi connectivity index (χ1n) is 7.28. The summed E-state index contributed by atoms with van der Waals surface area (Å²) in [6.07, 6.45) is 7.35. The summed E-state index contributed by atoms with van der Waals surface area (Å²) in [6.45, 7) is 1.56. The molecule has 1 heterocycles. The van der Waals surface area contributed by atoms with Gasteiger partial charge in [-0.1, -0.05) is 25.7 Å². The Morgan fingerprint density at radius 1 is 1.45 bits per heavy atom. The van der Waals surface area contributed by atoms with Crippen LogP contribution in [0.5, 0.6) is 0 Å². The molecular weight excluding hydrogens is 258 g/mol. The number of aliphatic hydroxyl groups excluding tert-OH is 1. The standard InChI is InChI=1S/C14H23N3O3/c1-9(18)12(15)14-17-11(8-20-14)13(19)16-10-6-4-2-3-5-7-10/h8-10,12,18H,2-7,15H2,1H3,(H,16,19). The van der Waals surface area contributed by atoms with E-state index in [0.29, 0.717) is 0 Å². The van der Waals surface area contributed by atoms with Crippen molar-refractivity contribution in [1.82, 2.24) is 10.3 Å². The molecule has 0 radical (unpaired) electrons. The molecule has 1 amide bonds. The second-order valence-corrected chi connectivity index (χ2v) is 5.50. The summed E-state index contributed by atoms with van der Waals surface area (Å²) in [6, 6.07) is -0.495. The van der Waals surface area contributed by atoms with E-state index in [1.165, 1.54) is 19.1 Å². The lowest BCUT2D eigenvalue weighted by molar-refractivity contribution is 0.0928. The Bertz CT molecular complexity index is 437. The fraction of sp³-hybridized carbons (Fsp3) is 0.714. The summed E-state index contributed by atoms with van der Waals surface area (Å²) >= 11 is 0. The van der Waals surface area contributed by atoms with Crippen LogP contribution in [0.4, 0.5) is 0 Å². The van der Waals surface area contributed by atoms with Crippen LogP contribution in [0.2, 0.25) is 0 Å². The molecule has 1 fully saturated rings. The van der Waals surface area contributed by atoms with Gasteiger partial charge in [0.1, 0.15) is 12.3 Å². The molecule has 2 unspecified atom stereocenters. The molecule has 20 heavy (non-hydrogen) atoms. The molecule has 1 aromatic heterocycles. The maximum Gasteiger partial charge on any atom is 0.273 e. The molecule has 2 rings (SSSR count). The second-order valence-electron chi connectivity index (χ2n) is 5.50. The molecule has 112 valence electrons. The molecule has 0 aromatic carbocycles. The van der Waals surface area contributed by atoms with E-state index >= 15 is 0 Å². The number of hydrogen-bond acceptors (Lipinski definition) is 5. The highest BCUT2D eigenvalue weighted by Crippen LogP contribution is 2.18. The number of nitrogens with one attached hydrogen (secondary N) is 1. The van der Waals surface area contributed by atoms with Crippen molar-refractivity contribution in [2.75, 3.05) is 0 Å². The zero-order valence-corrected chi connectivity index (χ0v) is 11.8. The SMILES string of the molecule is CC(O)C(N)c1nc(C(=O)NC2CCCCCC2)co1. The first-order chi connectivity index (χ1) is 9.58. The van der Waals surface area contributed by atoms with Crippen LogP contribution >= 0.6 is 0 Å². The summed E-state index contributed by atoms with van der Waals surface area (Å²) in [4.78, 5) is 16.2. The highest BCUT2D eigenvalue weighted by Gasteiger charge is 2.22. The van der Waals surface area contributed by atoms with Gasteiger partial charge in [0.2, 0.25) is 5.89 Å². The molecule has 0 aliphatic heterocycles. The van der Waals surface area contributed by atoms with E-state index in [9.17, 15) is 9.90 Å². The molecule has 0 bridgehead atoms. The van der Waals surface area contributed by atoms with Crippen LogP contribution in [0, 0.1) is 0 Å². The molecule has 2 atom stereocenters. The van der Waals surface area contributed by atoms with Gasteiger partial charge in [-0.2, -0.15) is 0 Å². The molecule has 6 heteroatoms. The molecule has 0 spiro atoms. The number of rotatable bonds is 4. The van der Waals surface area contributed by atoms with E-state index in [1.807, 2.05) is 0 Å². The number of amides is 1. The van der Waals surface area contributed by atoms with Crippen molar-refractivity contribution in [3.05, 3.63) is 17.8 Å². The Labute approximate surface area is 118 Å². The molecule has 1 aliphatic carbocycles. The van der Waals surface area contributed by atoms with E-state index in [2.05, 4.69) is 10.3 Å². The number of carbonyl (C=O) groups is 1. The van der Waals surface area contributed by atoms with Gasteiger partial charge in [-0.3, -0.25) is 4.79 Å². The Balaban J connectivity index is 1.95. The van der Waals surface area contributed by atoms with Gasteiger partial charge in [-0.25, -0.2) is 4.98 Å². The molecule has 1 saturated carbocycles. The summed E-state index contributed by atoms with van der Waals surface area (Å²) in [5.74, 6) is -0.0456. The highest BCUT2D eigenvalue weighted by molar-refractivity contribution is 5.92. The fourth-order valence-corrected chi connectivity index (χ4v) is 2.43. The average molecular weight is 281 g/mol. The smallest absolute Gasteiger partial charge is 0.273 e. The number of aromatic nitrogens is 1. The minimum atomic E-state index is -0.772. The minimum Gasteiger partial charge on any atom is -0.446 e. The maximum absolute atomic E-state index is 12.1. The largest absolute Gasteiger partial charge is 0.446 e. The van der Waals surface area contributed by atoms with Crippen molar-refractivity contribution in [1.29, 1.82) is 0 Å². The number of nitrogens with zero attached hydrogens (tertiary/aromatic N) is 1. The average Bonchev–Trinajstić information content (AvgIpc) is 2.77. The van der Waals surface area contributed by atoms with Crippen LogP contribution in [0.3, 0.4) is 0 Å². The number of carbonyl (C=O) groups excluding carboxylic acids is 1. The first kappa shape index (κ1) is 15.0. The summed E-state index contributed by atoms with van der Waals surface area (Å²) in [5, 5.41) is 12.4. The Kier molecular flexibility index (Phi) is 5.14. The Hall–Kier alpha value is -1.40. The lowest BCUT2D eigenvalue weighted by Gasteiger charge is -2.14. The first-order valence-corrected chi connectivity index (χ1v) is 7.28. The molecule has 1 aromatic rings. The van der Waals surface area contributed by atoms with Gasteiger partial charge in [0.25, 0.3) is 5.91 Å². The molecule has 6 nitrogen and oxygen atoms in total. The van der Waals surface area contributed by atoms with Crippen molar-refractivity contribution >= 4 is 5.91 Å². The number of nitrogens with two attached hydrogens (primary N) is 1. The second kappa shape index (κ2) is 6.85. The number of hydrogen-bond donors (Lipinski definition) is 3. The molecular formula is C14H23N3O3. The maximum atomic E-state index is 12.1. The minimum absolute atomic E-state index is 0.186. The van der Waals surface area contributed by atoms with Gasteiger partial charge in [0, 0.05) is 6.04 Å². The van der Waals surface area contributed by atoms with Crippen molar-refractivity contribution in [2.45, 2.75) is 63.6 Å². The quantitative estimate of drug-likeness (QED) is 0.726. The monoisotopic (exact) mass is 281 g/mol. The van der Waals surface area contributed by atoms with Crippen LogP contribution in [0.25, 0.3) is 0 Å². The van der Waals surface area contributed by atoms with Gasteiger partial charge in [0.05, 0.1) is 6.10 Å². The zero-order chi connectivity index (χ0) is 14.5. The van der Waals surface area contributed by atoms with Gasteiger partial charge in [0.15, 0.2) is 5.69 Å². The van der Waals surface area contributed by atoms with Gasteiger partial charge >= 0.3 is 0 Å². The van der Waals surface area contributed by atoms with Crippen molar-refractivity contribution in [3.63, 3.8) is 0 Å². The highest BCUT2D eigenvalue weighted by atomic mass is 16.3. The summed E-state index contributed by atoms with van der Waals surface area (Å²) < 4.78 is 5.17. The van der Waals surface area contributed by atoms with Gasteiger partial charge in [-0.15, -0.1) is 0 Å². The Morgan fingerprint density at radius 3 is 2.70 bits per heavy atom. The third kappa shape index (κ3) is 3.80. The predicted octanol–water partition coefficient (Wildman–Crippen LogP) is 1.51. The predicted molar refractivity (Wildman–Crippen MR) is 74.1 cm³/mol. The van der Waals surface area contributed by atoms with E-state index in [0.717, 1.165) is 25.7 Å².